The van der Waals surface area contributed by atoms with E-state index in [9.17, 15) is 24.3 Å². The lowest BCUT2D eigenvalue weighted by Crippen LogP contribution is -2.58. The van der Waals surface area contributed by atoms with E-state index in [1.165, 1.54) is 13.8 Å². The number of epoxide rings is 1. The predicted octanol–water partition coefficient (Wildman–Crippen LogP) is 2.52. The third-order valence-corrected chi connectivity index (χ3v) is 9.97. The lowest BCUT2D eigenvalue weighted by molar-refractivity contribution is -0.180. The zero-order valence-corrected chi connectivity index (χ0v) is 22.8. The second-order valence-corrected chi connectivity index (χ2v) is 12.5. The third kappa shape index (κ3) is 3.16. The summed E-state index contributed by atoms with van der Waals surface area (Å²) in [6.07, 6.45) is -0.366. The molecule has 4 aliphatic carbocycles. The Morgan fingerprint density at radius 2 is 1.81 bits per heavy atom. The van der Waals surface area contributed by atoms with Gasteiger partial charge >= 0.3 is 17.9 Å². The van der Waals surface area contributed by atoms with E-state index in [0.717, 1.165) is 0 Å². The molecule has 0 aromatic carbocycles. The average Bonchev–Trinajstić information content (AvgIpc) is 3.61. The van der Waals surface area contributed by atoms with Crippen molar-refractivity contribution in [2.75, 3.05) is 0 Å². The molecule has 9 nitrogen and oxygen atoms in total. The third-order valence-electron chi connectivity index (χ3n) is 9.97. The fourth-order valence-electron chi connectivity index (χ4n) is 8.08. The maximum absolute atomic E-state index is 14.2. The molecule has 1 heterocycles. The molecule has 0 radical (unpaired) electrons. The van der Waals surface area contributed by atoms with Crippen LogP contribution in [0.3, 0.4) is 0 Å². The fraction of sp³-hybridized carbons (Fsp3) is 0.786. The minimum atomic E-state index is -1.44. The Morgan fingerprint density at radius 1 is 1.16 bits per heavy atom. The second kappa shape index (κ2) is 7.88. The highest BCUT2D eigenvalue weighted by atomic mass is 16.7. The number of aliphatic hydroxyl groups excluding tert-OH is 1. The summed E-state index contributed by atoms with van der Waals surface area (Å²) in [6.45, 7) is 13.8. The SMILES string of the molecule is CCC(C)C(=O)OC1C(O)C2=CC34OC3(CC(C)C4OC(C)=O)C(=O)C(C)C2(OC(C)=O)C2C1C2(C)C. The number of Topliss-reactive ketones (excluding diaryl/α,β-unsaturated/α-hetero) is 1. The molecule has 0 amide bonds. The molecule has 0 aromatic heterocycles. The van der Waals surface area contributed by atoms with Crippen LogP contribution in [0, 0.1) is 35.0 Å². The highest BCUT2D eigenvalue weighted by molar-refractivity contribution is 5.98. The highest BCUT2D eigenvalue weighted by Crippen LogP contribution is 2.76. The number of fused-ring (bicyclic) bond motifs is 3. The Labute approximate surface area is 217 Å². The van der Waals surface area contributed by atoms with Gasteiger partial charge in [-0.15, -0.1) is 0 Å². The van der Waals surface area contributed by atoms with Crippen LogP contribution in [0.5, 0.6) is 0 Å². The van der Waals surface area contributed by atoms with Crippen LogP contribution in [0.25, 0.3) is 0 Å². The first-order valence-electron chi connectivity index (χ1n) is 13.4. The molecule has 5 rings (SSSR count). The van der Waals surface area contributed by atoms with Gasteiger partial charge in [-0.1, -0.05) is 41.5 Å². The summed E-state index contributed by atoms with van der Waals surface area (Å²) in [4.78, 5) is 51.7. The molecule has 0 bridgehead atoms. The molecule has 1 N–H and O–H groups in total. The van der Waals surface area contributed by atoms with Crippen LogP contribution in [0.2, 0.25) is 0 Å². The van der Waals surface area contributed by atoms with Crippen molar-refractivity contribution in [3.05, 3.63) is 11.6 Å². The van der Waals surface area contributed by atoms with Crippen LogP contribution in [-0.2, 0) is 38.1 Å². The summed E-state index contributed by atoms with van der Waals surface area (Å²) >= 11 is 0. The first-order valence-corrected chi connectivity index (χ1v) is 13.4. The summed E-state index contributed by atoms with van der Waals surface area (Å²) in [5, 5.41) is 11.9. The Morgan fingerprint density at radius 3 is 2.38 bits per heavy atom. The van der Waals surface area contributed by atoms with Gasteiger partial charge in [0.1, 0.15) is 23.9 Å². The maximum Gasteiger partial charge on any atom is 0.309 e. The molecule has 11 atom stereocenters. The van der Waals surface area contributed by atoms with Crippen LogP contribution in [0.4, 0.5) is 0 Å². The van der Waals surface area contributed by atoms with E-state index < -0.39 is 64.4 Å². The number of ketones is 1. The van der Waals surface area contributed by atoms with Gasteiger partial charge in [-0.05, 0) is 30.3 Å². The van der Waals surface area contributed by atoms with E-state index in [-0.39, 0.29) is 29.5 Å². The van der Waals surface area contributed by atoms with Crippen LogP contribution >= 0.6 is 0 Å². The number of rotatable bonds is 5. The average molecular weight is 519 g/mol. The molecule has 5 aliphatic rings. The van der Waals surface area contributed by atoms with Crippen LogP contribution < -0.4 is 0 Å². The minimum Gasteiger partial charge on any atom is -0.459 e. The van der Waals surface area contributed by atoms with Crippen molar-refractivity contribution >= 4 is 23.7 Å². The Hall–Kier alpha value is -2.26. The van der Waals surface area contributed by atoms with Crippen LogP contribution in [-0.4, -0.2) is 63.9 Å². The van der Waals surface area contributed by atoms with Crippen molar-refractivity contribution in [2.24, 2.45) is 35.0 Å². The summed E-state index contributed by atoms with van der Waals surface area (Å²) < 4.78 is 23.9. The van der Waals surface area contributed by atoms with Gasteiger partial charge in [0.25, 0.3) is 0 Å². The summed E-state index contributed by atoms with van der Waals surface area (Å²) in [5.74, 6) is -3.77. The quantitative estimate of drug-likeness (QED) is 0.253. The molecular formula is C28H38O9. The van der Waals surface area contributed by atoms with E-state index in [1.54, 1.807) is 19.9 Å². The molecule has 0 aromatic rings. The van der Waals surface area contributed by atoms with Gasteiger partial charge in [0, 0.05) is 31.3 Å². The van der Waals surface area contributed by atoms with Gasteiger partial charge < -0.3 is 24.1 Å². The Balaban J connectivity index is 1.70. The highest BCUT2D eigenvalue weighted by Gasteiger charge is 2.88. The number of carbonyl (C=O) groups excluding carboxylic acids is 4. The second-order valence-electron chi connectivity index (χ2n) is 12.5. The number of hydrogen-bond donors (Lipinski definition) is 1. The van der Waals surface area contributed by atoms with E-state index in [1.807, 2.05) is 27.7 Å². The molecule has 11 unspecified atom stereocenters. The number of ether oxygens (including phenoxy) is 4. The number of esters is 3. The zero-order valence-electron chi connectivity index (χ0n) is 22.8. The van der Waals surface area contributed by atoms with Gasteiger partial charge in [-0.25, -0.2) is 0 Å². The lowest BCUT2D eigenvalue weighted by atomic mass is 9.67. The molecule has 1 saturated heterocycles. The van der Waals surface area contributed by atoms with Gasteiger partial charge in [-0.3, -0.25) is 19.2 Å². The van der Waals surface area contributed by atoms with Crippen molar-refractivity contribution < 1.29 is 43.2 Å². The van der Waals surface area contributed by atoms with E-state index in [4.69, 9.17) is 18.9 Å². The lowest BCUT2D eigenvalue weighted by Gasteiger charge is -2.46. The minimum absolute atomic E-state index is 0.170. The Bertz CT molecular complexity index is 1110. The van der Waals surface area contributed by atoms with Crippen LogP contribution in [0.15, 0.2) is 11.6 Å². The molecule has 4 fully saturated rings. The first kappa shape index (κ1) is 26.4. The number of hydrogen-bond acceptors (Lipinski definition) is 9. The smallest absolute Gasteiger partial charge is 0.309 e. The van der Waals surface area contributed by atoms with Gasteiger partial charge in [0.05, 0.1) is 11.8 Å². The summed E-state index contributed by atoms with van der Waals surface area (Å²) in [5.41, 5.74) is -4.15. The monoisotopic (exact) mass is 518 g/mol. The van der Waals surface area contributed by atoms with Gasteiger partial charge in [-0.2, -0.15) is 0 Å². The van der Waals surface area contributed by atoms with E-state index >= 15 is 0 Å². The van der Waals surface area contributed by atoms with Crippen molar-refractivity contribution in [3.63, 3.8) is 0 Å². The number of aliphatic hydroxyl groups is 1. The van der Waals surface area contributed by atoms with Crippen molar-refractivity contribution in [1.82, 2.24) is 0 Å². The predicted molar refractivity (Wildman–Crippen MR) is 129 cm³/mol. The molecule has 1 aliphatic heterocycles. The standard InChI is InChI=1S/C28H38O9/c1-9-12(2)24(33)35-20-18-21(25(18,7)8)28(36-16(6)30)14(4)22(32)26-10-13(3)23(34-15(5)29)27(26,37-26)11-17(28)19(20)31/h11-14,18-21,23,31H,9-10H2,1-8H3. The van der Waals surface area contributed by atoms with Gasteiger partial charge in [0.2, 0.25) is 0 Å². The van der Waals surface area contributed by atoms with Crippen LogP contribution in [0.1, 0.15) is 68.2 Å². The largest absolute Gasteiger partial charge is 0.459 e. The maximum atomic E-state index is 14.2. The molecule has 37 heavy (non-hydrogen) atoms. The molecule has 204 valence electrons. The van der Waals surface area contributed by atoms with Crippen molar-refractivity contribution in [3.8, 4) is 0 Å². The molecule has 3 saturated carbocycles. The number of carbonyl (C=O) groups is 4. The van der Waals surface area contributed by atoms with Crippen molar-refractivity contribution in [2.45, 2.75) is 103 Å². The van der Waals surface area contributed by atoms with E-state index in [2.05, 4.69) is 0 Å². The van der Waals surface area contributed by atoms with Crippen molar-refractivity contribution in [1.29, 1.82) is 0 Å². The fourth-order valence-corrected chi connectivity index (χ4v) is 8.08. The zero-order chi connectivity index (χ0) is 27.5. The summed E-state index contributed by atoms with van der Waals surface area (Å²) in [7, 11) is 0. The molecule has 0 spiro atoms. The van der Waals surface area contributed by atoms with E-state index in [0.29, 0.717) is 18.4 Å². The normalized spacial score (nSPS) is 47.1. The Kier molecular flexibility index (Phi) is 5.61. The molecular weight excluding hydrogens is 480 g/mol. The molecule has 9 heteroatoms. The topological polar surface area (TPSA) is 129 Å². The summed E-state index contributed by atoms with van der Waals surface area (Å²) in [6, 6.07) is 0. The first-order chi connectivity index (χ1) is 17.1. The van der Waals surface area contributed by atoms with Gasteiger partial charge in [0.15, 0.2) is 17.0 Å².